The molecule has 4 nitrogen and oxygen atoms in total. The van der Waals surface area contributed by atoms with Gasteiger partial charge < -0.3 is 4.40 Å². The van der Waals surface area contributed by atoms with Gasteiger partial charge in [-0.3, -0.25) is 0 Å². The van der Waals surface area contributed by atoms with Gasteiger partial charge in [0.2, 0.25) is 9.05 Å². The third-order valence-electron chi connectivity index (χ3n) is 2.07. The summed E-state index contributed by atoms with van der Waals surface area (Å²) in [5.74, 6) is -0.119. The Kier molecular flexibility index (Phi) is 3.10. The number of aromatic nitrogens is 2. The largest absolute Gasteiger partial charge is 0.305 e. The smallest absolute Gasteiger partial charge is 0.232 e. The van der Waals surface area contributed by atoms with Gasteiger partial charge in [0.25, 0.3) is 0 Å². The van der Waals surface area contributed by atoms with Crippen molar-refractivity contribution in [3.05, 3.63) is 35.2 Å². The highest BCUT2D eigenvalue weighted by atomic mass is 35.7. The second-order valence-corrected chi connectivity index (χ2v) is 6.67. The van der Waals surface area contributed by atoms with Crippen molar-refractivity contribution in [3.63, 3.8) is 0 Å². The molecule has 2 rings (SSSR count). The molecule has 2 aromatic rings. The molecule has 0 atom stereocenters. The number of fused-ring (bicyclic) bond motifs is 1. The highest BCUT2D eigenvalue weighted by Crippen LogP contribution is 2.12. The molecule has 0 amide bonds. The van der Waals surface area contributed by atoms with Crippen LogP contribution in [0.2, 0.25) is 5.02 Å². The van der Waals surface area contributed by atoms with E-state index in [9.17, 15) is 8.42 Å². The molecule has 0 radical (unpaired) electrons. The first kappa shape index (κ1) is 11.7. The predicted octanol–water partition coefficient (Wildman–Crippen LogP) is 2.10. The van der Waals surface area contributed by atoms with E-state index in [1.54, 1.807) is 28.9 Å². The van der Waals surface area contributed by atoms with Crippen molar-refractivity contribution in [1.82, 2.24) is 9.38 Å². The Bertz CT molecular complexity index is 621. The molecular weight excluding hydrogens is 271 g/mol. The first-order chi connectivity index (χ1) is 7.44. The molecule has 86 valence electrons. The summed E-state index contributed by atoms with van der Waals surface area (Å²) in [6, 6.07) is 3.49. The molecule has 0 saturated heterocycles. The van der Waals surface area contributed by atoms with E-state index in [2.05, 4.69) is 4.98 Å². The van der Waals surface area contributed by atoms with Crippen molar-refractivity contribution in [2.45, 2.75) is 6.42 Å². The third kappa shape index (κ3) is 2.87. The van der Waals surface area contributed by atoms with Crippen LogP contribution in [-0.2, 0) is 15.5 Å². The van der Waals surface area contributed by atoms with Crippen LogP contribution in [0.15, 0.2) is 24.5 Å². The molecule has 7 heteroatoms. The standard InChI is InChI=1S/C9H8Cl2N2O2S/c10-7-1-2-9-12-8(6-13(9)5-7)3-4-16(11,14)15/h1-2,5-6H,3-4H2. The number of hydrogen-bond donors (Lipinski definition) is 0. The average Bonchev–Trinajstić information content (AvgIpc) is 2.55. The van der Waals surface area contributed by atoms with Gasteiger partial charge in [0.05, 0.1) is 16.5 Å². The molecule has 0 fully saturated rings. The summed E-state index contributed by atoms with van der Waals surface area (Å²) < 4.78 is 23.3. The lowest BCUT2D eigenvalue weighted by Crippen LogP contribution is -2.00. The fraction of sp³-hybridized carbons (Fsp3) is 0.222. The summed E-state index contributed by atoms with van der Waals surface area (Å²) in [5, 5.41) is 0.599. The number of halogens is 2. The van der Waals surface area contributed by atoms with Gasteiger partial charge in [-0.2, -0.15) is 0 Å². The van der Waals surface area contributed by atoms with E-state index in [1.165, 1.54) is 0 Å². The first-order valence-corrected chi connectivity index (χ1v) is 7.35. The molecule has 2 heterocycles. The number of pyridine rings is 1. The Hall–Kier alpha value is -0.780. The zero-order valence-electron chi connectivity index (χ0n) is 8.10. The van der Waals surface area contributed by atoms with Gasteiger partial charge in [-0.15, -0.1) is 0 Å². The van der Waals surface area contributed by atoms with Crippen LogP contribution < -0.4 is 0 Å². The Balaban J connectivity index is 2.26. The fourth-order valence-electron chi connectivity index (χ4n) is 1.36. The molecule has 2 aromatic heterocycles. The fourth-order valence-corrected chi connectivity index (χ4v) is 2.22. The number of imidazole rings is 1. The number of rotatable bonds is 3. The maximum Gasteiger partial charge on any atom is 0.232 e. The SMILES string of the molecule is O=S(=O)(Cl)CCc1cn2cc(Cl)ccc2n1. The number of aryl methyl sites for hydroxylation is 1. The number of nitrogens with zero attached hydrogens (tertiary/aromatic N) is 2. The Morgan fingerprint density at radius 1 is 1.31 bits per heavy atom. The lowest BCUT2D eigenvalue weighted by atomic mass is 10.4. The van der Waals surface area contributed by atoms with Gasteiger partial charge >= 0.3 is 0 Å². The van der Waals surface area contributed by atoms with Crippen molar-refractivity contribution in [2.24, 2.45) is 0 Å². The minimum atomic E-state index is -3.47. The predicted molar refractivity (Wildman–Crippen MR) is 63.5 cm³/mol. The highest BCUT2D eigenvalue weighted by Gasteiger charge is 2.08. The summed E-state index contributed by atoms with van der Waals surface area (Å²) in [7, 11) is 1.65. The van der Waals surface area contributed by atoms with E-state index in [0.29, 0.717) is 17.1 Å². The van der Waals surface area contributed by atoms with Gasteiger partial charge in [0.1, 0.15) is 5.65 Å². The monoisotopic (exact) mass is 278 g/mol. The molecule has 0 saturated carbocycles. The van der Waals surface area contributed by atoms with Gasteiger partial charge in [-0.1, -0.05) is 11.6 Å². The van der Waals surface area contributed by atoms with E-state index >= 15 is 0 Å². The molecule has 0 spiro atoms. The second kappa shape index (κ2) is 4.24. The average molecular weight is 279 g/mol. The summed E-state index contributed by atoms with van der Waals surface area (Å²) in [6.07, 6.45) is 3.75. The number of hydrogen-bond acceptors (Lipinski definition) is 3. The van der Waals surface area contributed by atoms with Crippen LogP contribution in [0.1, 0.15) is 5.69 Å². The Morgan fingerprint density at radius 3 is 2.75 bits per heavy atom. The summed E-state index contributed by atoms with van der Waals surface area (Å²) in [4.78, 5) is 4.24. The van der Waals surface area contributed by atoms with Crippen molar-refractivity contribution in [2.75, 3.05) is 5.75 Å². The maximum absolute atomic E-state index is 10.8. The van der Waals surface area contributed by atoms with Crippen LogP contribution in [0, 0.1) is 0 Å². The molecule has 0 unspecified atom stereocenters. The highest BCUT2D eigenvalue weighted by molar-refractivity contribution is 8.13. The van der Waals surface area contributed by atoms with Crippen molar-refractivity contribution < 1.29 is 8.42 Å². The van der Waals surface area contributed by atoms with Crippen LogP contribution in [0.5, 0.6) is 0 Å². The Labute approximate surface area is 102 Å². The normalized spacial score (nSPS) is 12.1. The lowest BCUT2D eigenvalue weighted by Gasteiger charge is -1.91. The molecule has 0 aromatic carbocycles. The van der Waals surface area contributed by atoms with E-state index in [-0.39, 0.29) is 5.75 Å². The van der Waals surface area contributed by atoms with Gasteiger partial charge in [0.15, 0.2) is 0 Å². The van der Waals surface area contributed by atoms with E-state index in [0.717, 1.165) is 5.65 Å². The minimum absolute atomic E-state index is 0.119. The van der Waals surface area contributed by atoms with Gasteiger partial charge in [-0.05, 0) is 12.1 Å². The first-order valence-electron chi connectivity index (χ1n) is 4.49. The molecule has 0 bridgehead atoms. The third-order valence-corrected chi connectivity index (χ3v) is 3.45. The quantitative estimate of drug-likeness (QED) is 0.808. The van der Waals surface area contributed by atoms with E-state index < -0.39 is 9.05 Å². The second-order valence-electron chi connectivity index (χ2n) is 3.34. The van der Waals surface area contributed by atoms with Crippen LogP contribution in [0.4, 0.5) is 0 Å². The zero-order chi connectivity index (χ0) is 11.8. The van der Waals surface area contributed by atoms with Crippen molar-refractivity contribution >= 4 is 37.0 Å². The molecule has 0 N–H and O–H groups in total. The minimum Gasteiger partial charge on any atom is -0.305 e. The Morgan fingerprint density at radius 2 is 2.06 bits per heavy atom. The van der Waals surface area contributed by atoms with E-state index in [4.69, 9.17) is 22.3 Å². The topological polar surface area (TPSA) is 51.4 Å². The van der Waals surface area contributed by atoms with Crippen LogP contribution in [0.3, 0.4) is 0 Å². The summed E-state index contributed by atoms with van der Waals surface area (Å²) in [6.45, 7) is 0. The van der Waals surface area contributed by atoms with Crippen LogP contribution >= 0.6 is 22.3 Å². The van der Waals surface area contributed by atoms with Crippen molar-refractivity contribution in [3.8, 4) is 0 Å². The van der Waals surface area contributed by atoms with Gasteiger partial charge in [0, 0.05) is 29.5 Å². The van der Waals surface area contributed by atoms with Crippen LogP contribution in [0.25, 0.3) is 5.65 Å². The molecule has 16 heavy (non-hydrogen) atoms. The summed E-state index contributed by atoms with van der Waals surface area (Å²) >= 11 is 5.81. The molecule has 0 aliphatic rings. The summed E-state index contributed by atoms with van der Waals surface area (Å²) in [5.41, 5.74) is 1.40. The van der Waals surface area contributed by atoms with Gasteiger partial charge in [-0.25, -0.2) is 13.4 Å². The van der Waals surface area contributed by atoms with E-state index in [1.807, 2.05) is 0 Å². The maximum atomic E-state index is 10.8. The molecular formula is C9H8Cl2N2O2S. The van der Waals surface area contributed by atoms with Crippen LogP contribution in [-0.4, -0.2) is 23.6 Å². The van der Waals surface area contributed by atoms with Crippen molar-refractivity contribution in [1.29, 1.82) is 0 Å². The lowest BCUT2D eigenvalue weighted by molar-refractivity contribution is 0.608. The molecule has 0 aliphatic carbocycles. The molecule has 0 aliphatic heterocycles. The zero-order valence-corrected chi connectivity index (χ0v) is 10.4.